The molecule has 0 radical (unpaired) electrons. The number of carbonyl (C=O) groups excluding carboxylic acids is 1. The molecule has 0 unspecified atom stereocenters. The first-order valence-electron chi connectivity index (χ1n) is 7.60. The number of nitrogens with zero attached hydrogens (tertiary/aromatic N) is 2. The van der Waals surface area contributed by atoms with Crippen LogP contribution in [0.3, 0.4) is 0 Å². The van der Waals surface area contributed by atoms with Crippen molar-refractivity contribution in [3.05, 3.63) is 16.1 Å². The van der Waals surface area contributed by atoms with Crippen LogP contribution in [-0.4, -0.2) is 34.9 Å². The van der Waals surface area contributed by atoms with Crippen LogP contribution >= 0.6 is 11.3 Å². The molecule has 3 rings (SSSR count). The van der Waals surface area contributed by atoms with Crippen LogP contribution in [0.4, 0.5) is 0 Å². The second kappa shape index (κ2) is 5.82. The zero-order valence-corrected chi connectivity index (χ0v) is 13.1. The molecular weight excluding hydrogens is 270 g/mol. The number of nitrogens with one attached hydrogen (secondary N) is 1. The minimum Gasteiger partial charge on any atom is -0.342 e. The molecule has 1 saturated carbocycles. The third-order valence-electron chi connectivity index (χ3n) is 4.30. The van der Waals surface area contributed by atoms with Crippen molar-refractivity contribution in [2.45, 2.75) is 51.6 Å². The molecule has 1 aliphatic heterocycles. The molecule has 0 spiro atoms. The predicted molar refractivity (Wildman–Crippen MR) is 80.7 cm³/mol. The zero-order valence-electron chi connectivity index (χ0n) is 12.3. The fraction of sp³-hybridized carbons (Fsp3) is 0.733. The third-order valence-corrected chi connectivity index (χ3v) is 5.09. The topological polar surface area (TPSA) is 45.2 Å². The van der Waals surface area contributed by atoms with E-state index in [1.807, 2.05) is 6.92 Å². The molecule has 1 saturated heterocycles. The summed E-state index contributed by atoms with van der Waals surface area (Å²) in [5, 5.41) is 6.92. The van der Waals surface area contributed by atoms with E-state index in [1.165, 1.54) is 0 Å². The number of aromatic nitrogens is 1. The Morgan fingerprint density at radius 3 is 2.65 bits per heavy atom. The van der Waals surface area contributed by atoms with E-state index in [1.54, 1.807) is 11.3 Å². The lowest BCUT2D eigenvalue weighted by Gasteiger charge is -2.33. The van der Waals surface area contributed by atoms with E-state index in [-0.39, 0.29) is 0 Å². The summed E-state index contributed by atoms with van der Waals surface area (Å²) in [6.45, 7) is 6.05. The second-order valence-corrected chi connectivity index (χ2v) is 7.12. The van der Waals surface area contributed by atoms with Gasteiger partial charge in [-0.3, -0.25) is 4.79 Å². The Balaban J connectivity index is 1.47. The summed E-state index contributed by atoms with van der Waals surface area (Å²) in [5.41, 5.74) is 1.14. The average molecular weight is 293 g/mol. The molecule has 1 aromatic rings. The summed E-state index contributed by atoms with van der Waals surface area (Å²) in [7, 11) is 0. The molecule has 4 nitrogen and oxygen atoms in total. The SMILES string of the molecule is Cc1nc([C@@H](C)NC2CCN(C(=O)C3CC3)CC2)cs1. The second-order valence-electron chi connectivity index (χ2n) is 6.05. The number of carbonyl (C=O) groups is 1. The van der Waals surface area contributed by atoms with E-state index in [0.29, 0.717) is 23.9 Å². The van der Waals surface area contributed by atoms with Gasteiger partial charge in [0.15, 0.2) is 0 Å². The standard InChI is InChI=1S/C15H23N3OS/c1-10(14-9-20-11(2)17-14)16-13-5-7-18(8-6-13)15(19)12-3-4-12/h9-10,12-13,16H,3-8H2,1-2H3/t10-/m1/s1. The zero-order chi connectivity index (χ0) is 14.1. The van der Waals surface area contributed by atoms with E-state index < -0.39 is 0 Å². The van der Waals surface area contributed by atoms with Crippen LogP contribution < -0.4 is 5.32 Å². The molecule has 110 valence electrons. The van der Waals surface area contributed by atoms with Gasteiger partial charge in [-0.1, -0.05) is 0 Å². The largest absolute Gasteiger partial charge is 0.342 e. The van der Waals surface area contributed by atoms with E-state index in [9.17, 15) is 4.79 Å². The first-order chi connectivity index (χ1) is 9.63. The molecule has 2 fully saturated rings. The summed E-state index contributed by atoms with van der Waals surface area (Å²) >= 11 is 1.71. The molecule has 5 heteroatoms. The van der Waals surface area contributed by atoms with E-state index >= 15 is 0 Å². The highest BCUT2D eigenvalue weighted by Gasteiger charge is 2.35. The number of likely N-dealkylation sites (tertiary alicyclic amines) is 1. The summed E-state index contributed by atoms with van der Waals surface area (Å²) in [6, 6.07) is 0.811. The van der Waals surface area contributed by atoms with Gasteiger partial charge in [-0.05, 0) is 39.5 Å². The monoisotopic (exact) mass is 293 g/mol. The number of thiazole rings is 1. The summed E-state index contributed by atoms with van der Waals surface area (Å²) in [6.07, 6.45) is 4.34. The summed E-state index contributed by atoms with van der Waals surface area (Å²) < 4.78 is 0. The fourth-order valence-electron chi connectivity index (χ4n) is 2.87. The van der Waals surface area contributed by atoms with Crippen LogP contribution in [-0.2, 0) is 4.79 Å². The van der Waals surface area contributed by atoms with Gasteiger partial charge in [-0.15, -0.1) is 11.3 Å². The molecule has 1 N–H and O–H groups in total. The number of hydrogen-bond donors (Lipinski definition) is 1. The van der Waals surface area contributed by atoms with E-state index in [2.05, 4.69) is 27.5 Å². The minimum absolute atomic E-state index is 0.302. The molecule has 0 bridgehead atoms. The molecule has 2 heterocycles. The maximum Gasteiger partial charge on any atom is 0.225 e. The highest BCUT2D eigenvalue weighted by atomic mass is 32.1. The van der Waals surface area contributed by atoms with Gasteiger partial charge < -0.3 is 10.2 Å². The van der Waals surface area contributed by atoms with Crippen LogP contribution in [0.25, 0.3) is 0 Å². The van der Waals surface area contributed by atoms with Gasteiger partial charge in [0.05, 0.1) is 10.7 Å². The number of rotatable bonds is 4. The van der Waals surface area contributed by atoms with Crippen molar-refractivity contribution in [1.29, 1.82) is 0 Å². The fourth-order valence-corrected chi connectivity index (χ4v) is 3.58. The number of hydrogen-bond acceptors (Lipinski definition) is 4. The van der Waals surface area contributed by atoms with Crippen LogP contribution in [0.15, 0.2) is 5.38 Å². The lowest BCUT2D eigenvalue weighted by atomic mass is 10.0. The van der Waals surface area contributed by atoms with Crippen molar-refractivity contribution >= 4 is 17.2 Å². The lowest BCUT2D eigenvalue weighted by Crippen LogP contribution is -2.46. The highest BCUT2D eigenvalue weighted by molar-refractivity contribution is 7.09. The first kappa shape index (κ1) is 14.0. The Morgan fingerprint density at radius 1 is 1.40 bits per heavy atom. The molecule has 0 aromatic carbocycles. The van der Waals surface area contributed by atoms with E-state index in [4.69, 9.17) is 0 Å². The Bertz CT molecular complexity index is 475. The molecule has 2 aliphatic rings. The van der Waals surface area contributed by atoms with Crippen molar-refractivity contribution in [2.75, 3.05) is 13.1 Å². The Kier molecular flexibility index (Phi) is 4.08. The van der Waals surface area contributed by atoms with E-state index in [0.717, 1.165) is 49.5 Å². The summed E-state index contributed by atoms with van der Waals surface area (Å²) in [5.74, 6) is 0.753. The summed E-state index contributed by atoms with van der Waals surface area (Å²) in [4.78, 5) is 18.6. The number of amides is 1. The van der Waals surface area contributed by atoms with Crippen molar-refractivity contribution in [1.82, 2.24) is 15.2 Å². The van der Waals surface area contributed by atoms with Crippen molar-refractivity contribution in [3.63, 3.8) is 0 Å². The van der Waals surface area contributed by atoms with Crippen molar-refractivity contribution in [2.24, 2.45) is 5.92 Å². The molecule has 1 aliphatic carbocycles. The van der Waals surface area contributed by atoms with Crippen LogP contribution in [0.1, 0.15) is 49.4 Å². The maximum atomic E-state index is 12.0. The third kappa shape index (κ3) is 3.20. The van der Waals surface area contributed by atoms with Gasteiger partial charge in [-0.25, -0.2) is 4.98 Å². The highest BCUT2D eigenvalue weighted by Crippen LogP contribution is 2.32. The normalized spacial score (nSPS) is 22.0. The molecule has 1 amide bonds. The Labute approximate surface area is 124 Å². The average Bonchev–Trinajstić information content (AvgIpc) is 3.20. The lowest BCUT2D eigenvalue weighted by molar-refractivity contribution is -0.133. The van der Waals surface area contributed by atoms with Crippen LogP contribution in [0, 0.1) is 12.8 Å². The first-order valence-corrected chi connectivity index (χ1v) is 8.48. The van der Waals surface area contributed by atoms with Gasteiger partial charge >= 0.3 is 0 Å². The minimum atomic E-state index is 0.302. The Morgan fingerprint density at radius 2 is 2.10 bits per heavy atom. The smallest absolute Gasteiger partial charge is 0.225 e. The van der Waals surface area contributed by atoms with Gasteiger partial charge in [0.25, 0.3) is 0 Å². The van der Waals surface area contributed by atoms with Crippen LogP contribution in [0.2, 0.25) is 0 Å². The Hall–Kier alpha value is -0.940. The van der Waals surface area contributed by atoms with Crippen molar-refractivity contribution < 1.29 is 4.79 Å². The number of piperidine rings is 1. The van der Waals surface area contributed by atoms with Gasteiger partial charge in [-0.2, -0.15) is 0 Å². The van der Waals surface area contributed by atoms with Crippen LogP contribution in [0.5, 0.6) is 0 Å². The predicted octanol–water partition coefficient (Wildman–Crippen LogP) is 2.50. The van der Waals surface area contributed by atoms with Gasteiger partial charge in [0.1, 0.15) is 0 Å². The van der Waals surface area contributed by atoms with Crippen molar-refractivity contribution in [3.8, 4) is 0 Å². The van der Waals surface area contributed by atoms with Gasteiger partial charge in [0.2, 0.25) is 5.91 Å². The quantitative estimate of drug-likeness (QED) is 0.927. The molecule has 1 aromatic heterocycles. The maximum absolute atomic E-state index is 12.0. The molecular formula is C15H23N3OS. The molecule has 20 heavy (non-hydrogen) atoms. The molecule has 1 atom stereocenters. The number of aryl methyl sites for hydroxylation is 1. The van der Waals surface area contributed by atoms with Gasteiger partial charge in [0, 0.05) is 36.5 Å².